The van der Waals surface area contributed by atoms with Gasteiger partial charge in [0.15, 0.2) is 6.10 Å². The van der Waals surface area contributed by atoms with Gasteiger partial charge < -0.3 is 14.2 Å². The maximum Gasteiger partial charge on any atom is 0.306 e. The van der Waals surface area contributed by atoms with Crippen LogP contribution in [0.25, 0.3) is 0 Å². The van der Waals surface area contributed by atoms with Crippen LogP contribution in [0, 0.1) is 0 Å². The minimum Gasteiger partial charge on any atom is -0.462 e. The van der Waals surface area contributed by atoms with Crippen molar-refractivity contribution in [2.45, 2.75) is 322 Å². The molecule has 0 rings (SSSR count). The minimum absolute atomic E-state index is 0.0862. The molecule has 0 aliphatic carbocycles. The molecular formula is C69H120O6. The Labute approximate surface area is 465 Å². The molecule has 432 valence electrons. The van der Waals surface area contributed by atoms with Gasteiger partial charge in [0.05, 0.1) is 0 Å². The van der Waals surface area contributed by atoms with Gasteiger partial charge >= 0.3 is 17.9 Å². The normalized spacial score (nSPS) is 12.6. The zero-order valence-electron chi connectivity index (χ0n) is 49.6. The lowest BCUT2D eigenvalue weighted by Gasteiger charge is -2.18. The molecule has 0 fully saturated rings. The van der Waals surface area contributed by atoms with E-state index in [4.69, 9.17) is 14.2 Å². The molecule has 0 aliphatic heterocycles. The first-order valence-electron chi connectivity index (χ1n) is 32.1. The zero-order chi connectivity index (χ0) is 54.3. The summed E-state index contributed by atoms with van der Waals surface area (Å²) in [6.07, 6.45) is 83.0. The van der Waals surface area contributed by atoms with Crippen LogP contribution in [0.3, 0.4) is 0 Å². The van der Waals surface area contributed by atoms with Crippen LogP contribution in [0.1, 0.15) is 316 Å². The Morgan fingerprint density at radius 3 is 0.800 bits per heavy atom. The summed E-state index contributed by atoms with van der Waals surface area (Å²) in [4.78, 5) is 38.3. The molecule has 0 aromatic heterocycles. The Balaban J connectivity index is 4.36. The Morgan fingerprint density at radius 1 is 0.267 bits per heavy atom. The summed E-state index contributed by atoms with van der Waals surface area (Å²) in [6, 6.07) is 0. The van der Waals surface area contributed by atoms with Crippen LogP contribution in [0.5, 0.6) is 0 Å². The highest BCUT2D eigenvalue weighted by Gasteiger charge is 2.19. The van der Waals surface area contributed by atoms with Gasteiger partial charge in [-0.25, -0.2) is 0 Å². The van der Waals surface area contributed by atoms with Crippen LogP contribution in [0.4, 0.5) is 0 Å². The topological polar surface area (TPSA) is 78.9 Å². The number of hydrogen-bond donors (Lipinski definition) is 0. The number of hydrogen-bond acceptors (Lipinski definition) is 6. The third-order valence-corrected chi connectivity index (χ3v) is 13.8. The molecule has 1 atom stereocenters. The molecule has 0 heterocycles. The van der Waals surface area contributed by atoms with Gasteiger partial charge in [0, 0.05) is 19.3 Å². The summed E-state index contributed by atoms with van der Waals surface area (Å²) < 4.78 is 16.9. The molecular weight excluding hydrogens is 925 g/mol. The van der Waals surface area contributed by atoms with E-state index in [-0.39, 0.29) is 31.1 Å². The molecule has 6 nitrogen and oxygen atoms in total. The molecule has 0 aromatic carbocycles. The number of allylic oxidation sites excluding steroid dienone is 14. The van der Waals surface area contributed by atoms with Gasteiger partial charge in [-0.1, -0.05) is 266 Å². The largest absolute Gasteiger partial charge is 0.462 e. The van der Waals surface area contributed by atoms with Crippen molar-refractivity contribution in [2.24, 2.45) is 0 Å². The molecule has 0 spiro atoms. The fourth-order valence-electron chi connectivity index (χ4n) is 8.99. The van der Waals surface area contributed by atoms with Crippen molar-refractivity contribution in [3.63, 3.8) is 0 Å². The summed E-state index contributed by atoms with van der Waals surface area (Å²) in [5.74, 6) is -0.901. The summed E-state index contributed by atoms with van der Waals surface area (Å²) in [5.41, 5.74) is 0. The summed E-state index contributed by atoms with van der Waals surface area (Å²) in [6.45, 7) is 6.56. The second-order valence-corrected chi connectivity index (χ2v) is 21.3. The molecule has 75 heavy (non-hydrogen) atoms. The number of unbranched alkanes of at least 4 members (excludes halogenated alkanes) is 33. The molecule has 0 aromatic rings. The van der Waals surface area contributed by atoms with Crippen molar-refractivity contribution in [3.05, 3.63) is 85.1 Å². The monoisotopic (exact) mass is 1040 g/mol. The standard InChI is InChI=1S/C69H120O6/c1-4-7-10-13-16-19-22-25-27-29-31-33-34-36-37-39-41-44-47-50-53-56-59-62-68(71)74-65-66(64-73-67(70)61-58-55-52-49-46-43-24-21-18-15-12-9-6-3)75-69(72)63-60-57-54-51-48-45-42-40-38-35-32-30-28-26-23-20-17-14-11-8-5-2/h12,15,21-26,29-32,34,36,66H,4-11,13-14,16-20,27-28,33,35,37-65H2,1-3H3/b15-12-,24-21-,25-22-,26-23-,31-29-,32-30-,36-34-. The SMILES string of the molecule is CCC/C=C\C/C=C\CCCCCCCC(=O)OCC(COC(=O)CCCCCCCCCC/C=C\C/C=C\C/C=C\CCCCCCC)OC(=O)CCCCCCCCCCC/C=C\C/C=C\CCCCCCC. The Bertz CT molecular complexity index is 1430. The van der Waals surface area contributed by atoms with Crippen LogP contribution in [0.2, 0.25) is 0 Å². The predicted molar refractivity (Wildman–Crippen MR) is 325 cm³/mol. The van der Waals surface area contributed by atoms with Crippen molar-refractivity contribution in [1.82, 2.24) is 0 Å². The van der Waals surface area contributed by atoms with Gasteiger partial charge in [0.25, 0.3) is 0 Å². The zero-order valence-corrected chi connectivity index (χ0v) is 49.6. The molecule has 1 unspecified atom stereocenters. The van der Waals surface area contributed by atoms with E-state index < -0.39 is 6.10 Å². The average Bonchev–Trinajstić information content (AvgIpc) is 3.41. The van der Waals surface area contributed by atoms with E-state index in [0.717, 1.165) is 116 Å². The highest BCUT2D eigenvalue weighted by molar-refractivity contribution is 5.71. The van der Waals surface area contributed by atoms with E-state index in [2.05, 4.69) is 106 Å². The molecule has 0 aliphatic rings. The van der Waals surface area contributed by atoms with Gasteiger partial charge in [-0.05, 0) is 116 Å². The van der Waals surface area contributed by atoms with E-state index >= 15 is 0 Å². The van der Waals surface area contributed by atoms with Crippen LogP contribution in [0.15, 0.2) is 85.1 Å². The van der Waals surface area contributed by atoms with Crippen LogP contribution >= 0.6 is 0 Å². The summed E-state index contributed by atoms with van der Waals surface area (Å²) in [5, 5.41) is 0. The highest BCUT2D eigenvalue weighted by atomic mass is 16.6. The van der Waals surface area contributed by atoms with E-state index in [0.29, 0.717) is 19.3 Å². The van der Waals surface area contributed by atoms with Crippen LogP contribution in [-0.2, 0) is 28.6 Å². The van der Waals surface area contributed by atoms with Gasteiger partial charge in [0.1, 0.15) is 13.2 Å². The number of ether oxygens (including phenoxy) is 3. The molecule has 0 radical (unpaired) electrons. The number of carbonyl (C=O) groups is 3. The minimum atomic E-state index is -0.790. The first-order chi connectivity index (χ1) is 37.0. The first kappa shape index (κ1) is 71.6. The number of esters is 3. The van der Waals surface area contributed by atoms with Crippen LogP contribution in [-0.4, -0.2) is 37.2 Å². The lowest BCUT2D eigenvalue weighted by Crippen LogP contribution is -2.30. The van der Waals surface area contributed by atoms with E-state index in [1.54, 1.807) is 0 Å². The highest BCUT2D eigenvalue weighted by Crippen LogP contribution is 2.16. The second kappa shape index (κ2) is 63.1. The van der Waals surface area contributed by atoms with Gasteiger partial charge in [-0.15, -0.1) is 0 Å². The molecule has 0 saturated heterocycles. The first-order valence-corrected chi connectivity index (χ1v) is 32.1. The average molecular weight is 1050 g/mol. The fraction of sp³-hybridized carbons (Fsp3) is 0.754. The molecule has 0 saturated carbocycles. The molecule has 6 heteroatoms. The van der Waals surface area contributed by atoms with Crippen LogP contribution < -0.4 is 0 Å². The maximum atomic E-state index is 12.9. The Hall–Kier alpha value is -3.41. The number of rotatable bonds is 58. The third-order valence-electron chi connectivity index (χ3n) is 13.8. The van der Waals surface area contributed by atoms with Gasteiger partial charge in [-0.3, -0.25) is 14.4 Å². The van der Waals surface area contributed by atoms with Crippen molar-refractivity contribution in [1.29, 1.82) is 0 Å². The lowest BCUT2D eigenvalue weighted by atomic mass is 10.1. The van der Waals surface area contributed by atoms with Crippen molar-refractivity contribution in [3.8, 4) is 0 Å². The predicted octanol–water partition coefficient (Wildman–Crippen LogP) is 21.9. The van der Waals surface area contributed by atoms with E-state index in [1.165, 1.54) is 161 Å². The molecule has 0 bridgehead atoms. The second-order valence-electron chi connectivity index (χ2n) is 21.3. The van der Waals surface area contributed by atoms with Gasteiger partial charge in [-0.2, -0.15) is 0 Å². The maximum absolute atomic E-state index is 12.9. The quantitative estimate of drug-likeness (QED) is 0.0261. The van der Waals surface area contributed by atoms with E-state index in [9.17, 15) is 14.4 Å². The van der Waals surface area contributed by atoms with Crippen molar-refractivity contribution >= 4 is 17.9 Å². The lowest BCUT2D eigenvalue weighted by molar-refractivity contribution is -0.167. The number of carbonyl (C=O) groups excluding carboxylic acids is 3. The molecule has 0 amide bonds. The summed E-state index contributed by atoms with van der Waals surface area (Å²) >= 11 is 0. The van der Waals surface area contributed by atoms with Crippen molar-refractivity contribution in [2.75, 3.05) is 13.2 Å². The molecule has 0 N–H and O–H groups in total. The Morgan fingerprint density at radius 2 is 0.507 bits per heavy atom. The van der Waals surface area contributed by atoms with Gasteiger partial charge in [0.2, 0.25) is 0 Å². The third kappa shape index (κ3) is 61.3. The van der Waals surface area contributed by atoms with Crippen molar-refractivity contribution < 1.29 is 28.6 Å². The Kier molecular flexibility index (Phi) is 60.3. The fourth-order valence-corrected chi connectivity index (χ4v) is 8.99. The van der Waals surface area contributed by atoms with E-state index in [1.807, 2.05) is 0 Å². The summed E-state index contributed by atoms with van der Waals surface area (Å²) in [7, 11) is 0. The smallest absolute Gasteiger partial charge is 0.306 e.